The van der Waals surface area contributed by atoms with Crippen LogP contribution in [0.3, 0.4) is 0 Å². The van der Waals surface area contributed by atoms with Crippen LogP contribution in [0.2, 0.25) is 0 Å². The highest BCUT2D eigenvalue weighted by Crippen LogP contribution is 2.44. The van der Waals surface area contributed by atoms with Crippen LogP contribution >= 0.6 is 23.5 Å². The Balaban J connectivity index is 1.57. The van der Waals surface area contributed by atoms with Gasteiger partial charge in [-0.25, -0.2) is 0 Å². The third-order valence-corrected chi connectivity index (χ3v) is 9.10. The second-order valence-electron chi connectivity index (χ2n) is 8.89. The van der Waals surface area contributed by atoms with Crippen molar-refractivity contribution in [1.82, 2.24) is 9.80 Å². The second-order valence-corrected chi connectivity index (χ2v) is 11.3. The van der Waals surface area contributed by atoms with E-state index in [9.17, 15) is 10.2 Å². The van der Waals surface area contributed by atoms with Crippen molar-refractivity contribution < 1.29 is 10.2 Å². The van der Waals surface area contributed by atoms with Crippen molar-refractivity contribution in [3.8, 4) is 11.5 Å². The molecule has 0 amide bonds. The van der Waals surface area contributed by atoms with Crippen molar-refractivity contribution in [2.24, 2.45) is 9.98 Å². The monoisotopic (exact) mass is 464 g/mol. The second kappa shape index (κ2) is 7.25. The predicted molar refractivity (Wildman–Crippen MR) is 130 cm³/mol. The fraction of sp³-hybridized carbons (Fsp3) is 0.417. The van der Waals surface area contributed by atoms with E-state index in [1.807, 2.05) is 41.7 Å². The molecule has 10 rings (SSSR count). The van der Waals surface area contributed by atoms with Crippen molar-refractivity contribution in [3.63, 3.8) is 0 Å². The quantitative estimate of drug-likeness (QED) is 0.449. The van der Waals surface area contributed by atoms with Crippen LogP contribution < -0.4 is 10.7 Å². The van der Waals surface area contributed by atoms with E-state index in [2.05, 4.69) is 15.9 Å². The molecule has 7 aliphatic heterocycles. The number of fused-ring (bicyclic) bond motifs is 1. The Morgan fingerprint density at radius 2 is 1.38 bits per heavy atom. The maximum Gasteiger partial charge on any atom is 0.133 e. The standard InChI is InChI=1S/C24H24N4O2S2/c29-21-15-11-13-1-2-14(15)22(30)18-16(21)12-17-19(25-23(13)27-3-7-31-8-4-27)20(18)26-24(17)28-5-9-32-10-6-28/h1-2,11-12,23-24,29-30H,3-10H2. The molecule has 32 heavy (non-hydrogen) atoms. The zero-order valence-corrected chi connectivity index (χ0v) is 19.3. The summed E-state index contributed by atoms with van der Waals surface area (Å²) in [4.78, 5) is 15.3. The normalized spacial score (nSPS) is 25.4. The molecule has 3 aromatic rings. The fourth-order valence-corrected chi connectivity index (χ4v) is 7.43. The Kier molecular flexibility index (Phi) is 4.41. The zero-order chi connectivity index (χ0) is 21.4. The van der Waals surface area contributed by atoms with Gasteiger partial charge in [0.1, 0.15) is 23.8 Å². The van der Waals surface area contributed by atoms with E-state index in [0.717, 1.165) is 71.0 Å². The van der Waals surface area contributed by atoms with Crippen LogP contribution in [0.1, 0.15) is 23.5 Å². The average molecular weight is 465 g/mol. The van der Waals surface area contributed by atoms with Crippen LogP contribution in [0.15, 0.2) is 34.3 Å². The summed E-state index contributed by atoms with van der Waals surface area (Å²) in [7, 11) is 0. The molecule has 7 heterocycles. The van der Waals surface area contributed by atoms with Crippen molar-refractivity contribution in [2.75, 3.05) is 49.2 Å². The summed E-state index contributed by atoms with van der Waals surface area (Å²) < 4.78 is 0. The number of hydrogen-bond acceptors (Lipinski definition) is 8. The molecule has 2 saturated heterocycles. The van der Waals surface area contributed by atoms with Gasteiger partial charge in [-0.2, -0.15) is 23.5 Å². The minimum atomic E-state index is -0.114. The summed E-state index contributed by atoms with van der Waals surface area (Å²) in [6, 6.07) is 8.04. The molecular weight excluding hydrogens is 440 g/mol. The number of phenols is 2. The first-order chi connectivity index (χ1) is 15.7. The summed E-state index contributed by atoms with van der Waals surface area (Å²) in [5.41, 5.74) is 2.13. The lowest BCUT2D eigenvalue weighted by Gasteiger charge is -2.33. The van der Waals surface area contributed by atoms with Gasteiger partial charge in [-0.15, -0.1) is 0 Å². The van der Waals surface area contributed by atoms with Crippen LogP contribution in [-0.4, -0.2) is 69.2 Å². The van der Waals surface area contributed by atoms with Crippen LogP contribution in [0.5, 0.6) is 11.5 Å². The average Bonchev–Trinajstić information content (AvgIpc) is 3.08. The number of nitrogens with zero attached hydrogens (tertiary/aromatic N) is 4. The Labute approximate surface area is 194 Å². The van der Waals surface area contributed by atoms with E-state index in [4.69, 9.17) is 9.98 Å². The van der Waals surface area contributed by atoms with Crippen LogP contribution in [0.4, 0.5) is 0 Å². The SMILES string of the molecule is Oc1c2cc3ccc2c(O)c2c4c(c(cc12)C(N1CCSCC1)N=4)=NC3N1CCSCC1. The summed E-state index contributed by atoms with van der Waals surface area (Å²) >= 11 is 3.97. The minimum absolute atomic E-state index is 0.0964. The lowest BCUT2D eigenvalue weighted by Crippen LogP contribution is -2.38. The van der Waals surface area contributed by atoms with Crippen molar-refractivity contribution in [2.45, 2.75) is 12.3 Å². The molecule has 0 radical (unpaired) electrons. The third kappa shape index (κ3) is 2.70. The van der Waals surface area contributed by atoms with E-state index < -0.39 is 0 Å². The van der Waals surface area contributed by atoms with E-state index in [1.54, 1.807) is 0 Å². The first-order valence-corrected chi connectivity index (χ1v) is 13.5. The predicted octanol–water partition coefficient (Wildman–Crippen LogP) is 2.77. The van der Waals surface area contributed by atoms with Gasteiger partial charge in [0.25, 0.3) is 0 Å². The summed E-state index contributed by atoms with van der Waals surface area (Å²) in [6.07, 6.45) is -0.210. The molecule has 3 aromatic carbocycles. The molecule has 7 aliphatic rings. The van der Waals surface area contributed by atoms with Crippen molar-refractivity contribution >= 4 is 45.1 Å². The Hall–Kier alpha value is -2.00. The minimum Gasteiger partial charge on any atom is -0.507 e. The highest BCUT2D eigenvalue weighted by atomic mass is 32.2. The fourth-order valence-electron chi connectivity index (χ4n) is 5.57. The van der Waals surface area contributed by atoms with Crippen molar-refractivity contribution in [1.29, 1.82) is 0 Å². The van der Waals surface area contributed by atoms with Gasteiger partial charge < -0.3 is 10.2 Å². The van der Waals surface area contributed by atoms with Gasteiger partial charge in [-0.1, -0.05) is 12.1 Å². The molecule has 0 saturated carbocycles. The van der Waals surface area contributed by atoms with Gasteiger partial charge in [0, 0.05) is 70.9 Å². The molecule has 6 nitrogen and oxygen atoms in total. The first kappa shape index (κ1) is 19.5. The first-order valence-electron chi connectivity index (χ1n) is 11.2. The number of thioether (sulfide) groups is 2. The molecule has 0 aliphatic carbocycles. The number of phenolic OH excluding ortho intramolecular Hbond substituents is 2. The molecule has 164 valence electrons. The molecule has 0 aromatic heterocycles. The summed E-state index contributed by atoms with van der Waals surface area (Å²) in [6.45, 7) is 3.95. The van der Waals surface area contributed by atoms with Gasteiger partial charge in [-0.3, -0.25) is 19.8 Å². The summed E-state index contributed by atoms with van der Waals surface area (Å²) in [5.74, 6) is 4.84. The lowest BCUT2D eigenvalue weighted by molar-refractivity contribution is 0.218. The van der Waals surface area contributed by atoms with Crippen molar-refractivity contribution in [3.05, 3.63) is 46.1 Å². The van der Waals surface area contributed by atoms with E-state index >= 15 is 0 Å². The molecule has 2 fully saturated rings. The van der Waals surface area contributed by atoms with E-state index in [-0.39, 0.29) is 23.8 Å². The number of rotatable bonds is 2. The Bertz CT molecular complexity index is 1400. The third-order valence-electron chi connectivity index (χ3n) is 7.21. The molecule has 2 N–H and O–H groups in total. The van der Waals surface area contributed by atoms with Gasteiger partial charge in [0.2, 0.25) is 0 Å². The summed E-state index contributed by atoms with van der Waals surface area (Å²) in [5, 5.41) is 26.9. The van der Waals surface area contributed by atoms with Crippen LogP contribution in [0, 0.1) is 0 Å². The van der Waals surface area contributed by atoms with E-state index in [1.165, 1.54) is 0 Å². The van der Waals surface area contributed by atoms with Gasteiger partial charge >= 0.3 is 0 Å². The molecule has 8 bridgehead atoms. The number of aromatic hydroxyl groups is 2. The largest absolute Gasteiger partial charge is 0.507 e. The molecule has 8 heteroatoms. The van der Waals surface area contributed by atoms with E-state index in [0.29, 0.717) is 21.5 Å². The smallest absolute Gasteiger partial charge is 0.133 e. The maximum atomic E-state index is 11.3. The van der Waals surface area contributed by atoms with Gasteiger partial charge in [-0.05, 0) is 17.7 Å². The Morgan fingerprint density at radius 3 is 2.09 bits per heavy atom. The topological polar surface area (TPSA) is 71.7 Å². The van der Waals surface area contributed by atoms with Gasteiger partial charge in [0.15, 0.2) is 0 Å². The zero-order valence-electron chi connectivity index (χ0n) is 17.6. The maximum absolute atomic E-state index is 11.3. The van der Waals surface area contributed by atoms with Crippen LogP contribution in [0.25, 0.3) is 21.5 Å². The van der Waals surface area contributed by atoms with Gasteiger partial charge in [0.05, 0.1) is 16.1 Å². The molecule has 0 spiro atoms. The lowest BCUT2D eigenvalue weighted by atomic mass is 9.95. The van der Waals surface area contributed by atoms with Crippen LogP contribution in [-0.2, 0) is 0 Å². The molecular formula is C24H24N4O2S2. The molecule has 2 atom stereocenters. The highest BCUT2D eigenvalue weighted by molar-refractivity contribution is 7.99. The number of benzene rings is 3. The highest BCUT2D eigenvalue weighted by Gasteiger charge is 2.33. The molecule has 2 unspecified atom stereocenters. The Morgan fingerprint density at radius 1 is 0.719 bits per heavy atom. The number of hydrogen-bond donors (Lipinski definition) is 2.